The lowest BCUT2D eigenvalue weighted by Gasteiger charge is -2.19. The third kappa shape index (κ3) is 4.15. The van der Waals surface area contributed by atoms with Gasteiger partial charge >= 0.3 is 0 Å². The van der Waals surface area contributed by atoms with Crippen molar-refractivity contribution < 1.29 is 4.79 Å². The highest BCUT2D eigenvalue weighted by Gasteiger charge is 2.21. The van der Waals surface area contributed by atoms with Gasteiger partial charge in [-0.1, -0.05) is 36.4 Å². The fourth-order valence-electron chi connectivity index (χ4n) is 2.48. The molecule has 114 valence electrons. The molecular formula is C18H21N3O. The van der Waals surface area contributed by atoms with E-state index in [-0.39, 0.29) is 11.9 Å². The fraction of sp³-hybridized carbons (Fsp3) is 0.333. The molecule has 1 aromatic carbocycles. The minimum atomic E-state index is -0.162. The van der Waals surface area contributed by atoms with Crippen molar-refractivity contribution in [1.82, 2.24) is 15.6 Å². The first-order valence-corrected chi connectivity index (χ1v) is 7.78. The molecule has 4 heteroatoms. The highest BCUT2D eigenvalue weighted by Crippen LogP contribution is 2.27. The van der Waals surface area contributed by atoms with Crippen LogP contribution >= 0.6 is 0 Å². The molecule has 0 radical (unpaired) electrons. The summed E-state index contributed by atoms with van der Waals surface area (Å²) >= 11 is 0. The largest absolute Gasteiger partial charge is 0.344 e. The summed E-state index contributed by atoms with van der Waals surface area (Å²) in [5, 5.41) is 6.33. The van der Waals surface area contributed by atoms with Crippen LogP contribution in [0.2, 0.25) is 0 Å². The van der Waals surface area contributed by atoms with Crippen LogP contribution in [0, 0.1) is 5.92 Å². The summed E-state index contributed by atoms with van der Waals surface area (Å²) in [6, 6.07) is 13.7. The van der Waals surface area contributed by atoms with E-state index < -0.39 is 0 Å². The zero-order chi connectivity index (χ0) is 15.2. The third-order valence-electron chi connectivity index (χ3n) is 3.87. The Morgan fingerprint density at radius 1 is 1.14 bits per heavy atom. The first-order valence-electron chi connectivity index (χ1n) is 7.78. The SMILES string of the molecule is O=C(CNCC1CC1)NC(c1ccccc1)c1cccnc1. The minimum Gasteiger partial charge on any atom is -0.344 e. The van der Waals surface area contributed by atoms with Crippen molar-refractivity contribution in [3.63, 3.8) is 0 Å². The highest BCUT2D eigenvalue weighted by atomic mass is 16.1. The van der Waals surface area contributed by atoms with Gasteiger partial charge in [-0.25, -0.2) is 0 Å². The highest BCUT2D eigenvalue weighted by molar-refractivity contribution is 5.79. The van der Waals surface area contributed by atoms with Crippen LogP contribution in [0.4, 0.5) is 0 Å². The Morgan fingerprint density at radius 2 is 1.91 bits per heavy atom. The average Bonchev–Trinajstić information content (AvgIpc) is 3.39. The van der Waals surface area contributed by atoms with Gasteiger partial charge in [0.2, 0.25) is 5.91 Å². The van der Waals surface area contributed by atoms with Gasteiger partial charge < -0.3 is 10.6 Å². The van der Waals surface area contributed by atoms with E-state index in [0.29, 0.717) is 6.54 Å². The number of nitrogens with one attached hydrogen (secondary N) is 2. The molecule has 2 N–H and O–H groups in total. The molecule has 1 atom stereocenters. The topological polar surface area (TPSA) is 54.0 Å². The molecule has 0 spiro atoms. The van der Waals surface area contributed by atoms with Crippen molar-refractivity contribution in [2.75, 3.05) is 13.1 Å². The monoisotopic (exact) mass is 295 g/mol. The Labute approximate surface area is 131 Å². The summed E-state index contributed by atoms with van der Waals surface area (Å²) in [5.74, 6) is 0.786. The van der Waals surface area contributed by atoms with Crippen molar-refractivity contribution in [2.24, 2.45) is 5.92 Å². The fourth-order valence-corrected chi connectivity index (χ4v) is 2.48. The number of pyridine rings is 1. The van der Waals surface area contributed by atoms with E-state index in [2.05, 4.69) is 15.6 Å². The summed E-state index contributed by atoms with van der Waals surface area (Å²) in [5.41, 5.74) is 2.05. The normalized spacial score (nSPS) is 15.3. The molecule has 2 aromatic rings. The zero-order valence-electron chi connectivity index (χ0n) is 12.5. The van der Waals surface area contributed by atoms with Crippen LogP contribution in [0.3, 0.4) is 0 Å². The van der Waals surface area contributed by atoms with E-state index in [0.717, 1.165) is 23.6 Å². The smallest absolute Gasteiger partial charge is 0.234 e. The summed E-state index contributed by atoms with van der Waals surface area (Å²) in [4.78, 5) is 16.4. The molecule has 0 bridgehead atoms. The summed E-state index contributed by atoms with van der Waals surface area (Å²) < 4.78 is 0. The zero-order valence-corrected chi connectivity index (χ0v) is 12.5. The second kappa shape index (κ2) is 7.18. The molecule has 4 nitrogen and oxygen atoms in total. The molecule has 1 amide bonds. The molecule has 1 saturated carbocycles. The van der Waals surface area contributed by atoms with Crippen LogP contribution in [0.1, 0.15) is 30.0 Å². The van der Waals surface area contributed by atoms with Crippen LogP contribution in [0.5, 0.6) is 0 Å². The molecule has 1 aliphatic carbocycles. The Morgan fingerprint density at radius 3 is 2.59 bits per heavy atom. The Bertz CT molecular complexity index is 557. The second-order valence-electron chi connectivity index (χ2n) is 5.77. The van der Waals surface area contributed by atoms with E-state index in [1.807, 2.05) is 42.5 Å². The van der Waals surface area contributed by atoms with E-state index in [4.69, 9.17) is 0 Å². The Hall–Kier alpha value is -2.20. The number of hydrogen-bond donors (Lipinski definition) is 2. The van der Waals surface area contributed by atoms with Crippen molar-refractivity contribution in [1.29, 1.82) is 0 Å². The average molecular weight is 295 g/mol. The minimum absolute atomic E-state index is 0.0124. The molecule has 1 heterocycles. The van der Waals surface area contributed by atoms with Gasteiger partial charge in [0.15, 0.2) is 0 Å². The number of nitrogens with zero attached hydrogens (tertiary/aromatic N) is 1. The van der Waals surface area contributed by atoms with Gasteiger partial charge in [-0.3, -0.25) is 9.78 Å². The summed E-state index contributed by atoms with van der Waals surface area (Å²) in [7, 11) is 0. The standard InChI is InChI=1S/C18H21N3O/c22-17(13-20-11-14-8-9-14)21-18(15-5-2-1-3-6-15)16-7-4-10-19-12-16/h1-7,10,12,14,18,20H,8-9,11,13H2,(H,21,22). The number of carbonyl (C=O) groups is 1. The predicted octanol–water partition coefficient (Wildman–Crippen LogP) is 2.29. The van der Waals surface area contributed by atoms with E-state index in [1.54, 1.807) is 12.4 Å². The molecule has 1 unspecified atom stereocenters. The lowest BCUT2D eigenvalue weighted by Crippen LogP contribution is -2.37. The number of amides is 1. The van der Waals surface area contributed by atoms with Gasteiger partial charge in [0.25, 0.3) is 0 Å². The Kier molecular flexibility index (Phi) is 4.81. The van der Waals surface area contributed by atoms with Crippen molar-refractivity contribution in [3.8, 4) is 0 Å². The maximum Gasteiger partial charge on any atom is 0.234 e. The number of hydrogen-bond acceptors (Lipinski definition) is 3. The van der Waals surface area contributed by atoms with Crippen LogP contribution in [0.15, 0.2) is 54.9 Å². The quantitative estimate of drug-likeness (QED) is 0.824. The number of aromatic nitrogens is 1. The number of carbonyl (C=O) groups excluding carboxylic acids is 1. The van der Waals surface area contributed by atoms with Gasteiger partial charge in [0.1, 0.15) is 0 Å². The lowest BCUT2D eigenvalue weighted by molar-refractivity contribution is -0.120. The maximum atomic E-state index is 12.2. The summed E-state index contributed by atoms with van der Waals surface area (Å²) in [6.07, 6.45) is 6.12. The van der Waals surface area contributed by atoms with E-state index in [9.17, 15) is 4.79 Å². The van der Waals surface area contributed by atoms with Crippen LogP contribution in [0.25, 0.3) is 0 Å². The molecular weight excluding hydrogens is 274 g/mol. The first kappa shape index (κ1) is 14.7. The van der Waals surface area contributed by atoms with Gasteiger partial charge in [0, 0.05) is 12.4 Å². The van der Waals surface area contributed by atoms with Crippen LogP contribution < -0.4 is 10.6 Å². The molecule has 3 rings (SSSR count). The second-order valence-corrected chi connectivity index (χ2v) is 5.77. The molecule has 1 fully saturated rings. The van der Waals surface area contributed by atoms with Crippen molar-refractivity contribution in [3.05, 3.63) is 66.0 Å². The molecule has 0 aliphatic heterocycles. The van der Waals surface area contributed by atoms with Crippen molar-refractivity contribution >= 4 is 5.91 Å². The van der Waals surface area contributed by atoms with E-state index in [1.165, 1.54) is 12.8 Å². The first-order chi connectivity index (χ1) is 10.8. The third-order valence-corrected chi connectivity index (χ3v) is 3.87. The Balaban J connectivity index is 1.67. The summed E-state index contributed by atoms with van der Waals surface area (Å²) in [6.45, 7) is 1.30. The number of rotatable bonds is 7. The molecule has 0 saturated heterocycles. The van der Waals surface area contributed by atoms with Gasteiger partial charge in [-0.2, -0.15) is 0 Å². The van der Waals surface area contributed by atoms with Gasteiger partial charge in [-0.05, 0) is 42.5 Å². The molecule has 1 aromatic heterocycles. The lowest BCUT2D eigenvalue weighted by atomic mass is 10.0. The number of benzene rings is 1. The van der Waals surface area contributed by atoms with Gasteiger partial charge in [-0.15, -0.1) is 0 Å². The van der Waals surface area contributed by atoms with E-state index >= 15 is 0 Å². The predicted molar refractivity (Wildman–Crippen MR) is 86.3 cm³/mol. The molecule has 1 aliphatic rings. The molecule has 22 heavy (non-hydrogen) atoms. The van der Waals surface area contributed by atoms with Crippen LogP contribution in [-0.2, 0) is 4.79 Å². The van der Waals surface area contributed by atoms with Gasteiger partial charge in [0.05, 0.1) is 12.6 Å². The van der Waals surface area contributed by atoms with Crippen molar-refractivity contribution in [2.45, 2.75) is 18.9 Å². The maximum absolute atomic E-state index is 12.2. The van der Waals surface area contributed by atoms with Crippen LogP contribution in [-0.4, -0.2) is 24.0 Å².